The third-order valence-corrected chi connectivity index (χ3v) is 5.43. The second-order valence-electron chi connectivity index (χ2n) is 7.26. The van der Waals surface area contributed by atoms with E-state index in [0.717, 1.165) is 22.4 Å². The van der Waals surface area contributed by atoms with E-state index in [2.05, 4.69) is 110 Å². The number of aryl methyl sites for hydroxylation is 2. The van der Waals surface area contributed by atoms with E-state index in [-0.39, 0.29) is 32.7 Å². The Morgan fingerprint density at radius 1 is 0.759 bits per heavy atom. The van der Waals surface area contributed by atoms with Gasteiger partial charge in [-0.2, -0.15) is 29.8 Å². The van der Waals surface area contributed by atoms with Crippen LogP contribution in [0, 0.1) is 19.1 Å². The van der Waals surface area contributed by atoms with E-state index in [9.17, 15) is 0 Å². The average molecular weight is 447 g/mol. The summed E-state index contributed by atoms with van der Waals surface area (Å²) in [6.07, 6.45) is 2.07. The van der Waals surface area contributed by atoms with Crippen LogP contribution in [-0.2, 0) is 39.8 Å². The molecule has 0 unspecified atom stereocenters. The van der Waals surface area contributed by atoms with Crippen LogP contribution in [0.1, 0.15) is 5.56 Å². The van der Waals surface area contributed by atoms with Crippen LogP contribution in [0.25, 0.3) is 43.9 Å². The zero-order valence-electron chi connectivity index (χ0n) is 16.6. The summed E-state index contributed by atoms with van der Waals surface area (Å²) in [4.78, 5) is 0. The van der Waals surface area contributed by atoms with Crippen molar-refractivity contribution in [2.45, 2.75) is 6.92 Å². The number of fused-ring (bicyclic) bond motifs is 3. The molecule has 0 aliphatic carbocycles. The van der Waals surface area contributed by atoms with E-state index in [1.165, 1.54) is 27.1 Å². The standard InChI is InChI=1S/C27H20N.Y/c1-19-10-11-22(18-26(19)27-9-5-6-16-28(27)2)21-14-15-25-23(17-21)13-12-20-7-3-4-8-24(20)25;/h3-13,15-17H,1-2H3;/q-1;. The molecule has 0 aliphatic heterocycles. The Balaban J connectivity index is 0.00000205. The Hall–Kier alpha value is -2.35. The van der Waals surface area contributed by atoms with Crippen LogP contribution in [0.4, 0.5) is 0 Å². The van der Waals surface area contributed by atoms with Crippen molar-refractivity contribution in [3.63, 3.8) is 0 Å². The van der Waals surface area contributed by atoms with E-state index in [1.54, 1.807) is 0 Å². The van der Waals surface area contributed by atoms with Gasteiger partial charge in [-0.1, -0.05) is 65.7 Å². The number of hydrogen-bond acceptors (Lipinski definition) is 0. The molecule has 0 aliphatic rings. The Morgan fingerprint density at radius 3 is 2.41 bits per heavy atom. The second kappa shape index (κ2) is 8.18. The van der Waals surface area contributed by atoms with Gasteiger partial charge in [0, 0.05) is 38.8 Å². The number of benzene rings is 4. The number of nitrogens with zero attached hydrogens (tertiary/aromatic N) is 1. The fourth-order valence-corrected chi connectivity index (χ4v) is 3.87. The Bertz CT molecular complexity index is 1340. The summed E-state index contributed by atoms with van der Waals surface area (Å²) in [5, 5.41) is 5.00. The molecule has 0 spiro atoms. The van der Waals surface area contributed by atoms with E-state index >= 15 is 0 Å². The summed E-state index contributed by atoms with van der Waals surface area (Å²) in [7, 11) is 2.07. The number of aromatic nitrogens is 1. The molecular formula is C27H20NY-. The summed E-state index contributed by atoms with van der Waals surface area (Å²) in [5.41, 5.74) is 5.65. The van der Waals surface area contributed by atoms with E-state index in [1.807, 2.05) is 6.07 Å². The normalized spacial score (nSPS) is 10.8. The van der Waals surface area contributed by atoms with Gasteiger partial charge in [-0.3, -0.25) is 0 Å². The number of rotatable bonds is 2. The molecule has 1 aromatic heterocycles. The van der Waals surface area contributed by atoms with Gasteiger partial charge in [0.05, 0.1) is 0 Å². The van der Waals surface area contributed by atoms with Gasteiger partial charge in [-0.25, -0.2) is 10.1 Å². The maximum atomic E-state index is 3.64. The van der Waals surface area contributed by atoms with E-state index in [4.69, 9.17) is 0 Å². The predicted octanol–water partition coefficient (Wildman–Crippen LogP) is 6.06. The molecule has 0 N–H and O–H groups in total. The molecule has 1 radical (unpaired) electrons. The van der Waals surface area contributed by atoms with Gasteiger partial charge in [0.15, 0.2) is 6.20 Å². The van der Waals surface area contributed by atoms with Crippen molar-refractivity contribution in [2.24, 2.45) is 7.05 Å². The number of pyridine rings is 1. The maximum Gasteiger partial charge on any atom is 0.161 e. The van der Waals surface area contributed by atoms with Gasteiger partial charge in [-0.15, -0.1) is 23.1 Å². The SMILES string of the molecule is Cc1ccc(-c2[c-]cc3c(ccc4ccccc43)c2)[c-]c1-c1cccc[n+]1C.[Y]. The van der Waals surface area contributed by atoms with Crippen LogP contribution >= 0.6 is 0 Å². The minimum Gasteiger partial charge on any atom is -0.234 e. The van der Waals surface area contributed by atoms with Crippen LogP contribution in [-0.4, -0.2) is 0 Å². The van der Waals surface area contributed by atoms with Crippen LogP contribution in [0.5, 0.6) is 0 Å². The van der Waals surface area contributed by atoms with Crippen molar-refractivity contribution in [2.75, 3.05) is 0 Å². The largest absolute Gasteiger partial charge is 0.234 e. The molecule has 0 atom stereocenters. The molecule has 0 saturated heterocycles. The van der Waals surface area contributed by atoms with Gasteiger partial charge in [0.1, 0.15) is 12.7 Å². The zero-order valence-corrected chi connectivity index (χ0v) is 19.4. The molecule has 2 heteroatoms. The van der Waals surface area contributed by atoms with Gasteiger partial charge in [0.2, 0.25) is 0 Å². The van der Waals surface area contributed by atoms with E-state index < -0.39 is 0 Å². The van der Waals surface area contributed by atoms with Gasteiger partial charge in [-0.05, 0) is 11.5 Å². The Kier molecular flexibility index (Phi) is 5.63. The molecule has 5 rings (SSSR count). The molecule has 5 aromatic rings. The van der Waals surface area contributed by atoms with E-state index in [0.29, 0.717) is 0 Å². The molecule has 1 nitrogen and oxygen atoms in total. The van der Waals surface area contributed by atoms with Crippen LogP contribution in [0.3, 0.4) is 0 Å². The smallest absolute Gasteiger partial charge is 0.161 e. The Labute approximate surface area is 196 Å². The van der Waals surface area contributed by atoms with Crippen molar-refractivity contribution in [1.29, 1.82) is 0 Å². The average Bonchev–Trinajstić information content (AvgIpc) is 2.74. The van der Waals surface area contributed by atoms with Crippen molar-refractivity contribution >= 4 is 21.5 Å². The first-order chi connectivity index (χ1) is 13.7. The first kappa shape index (κ1) is 19.9. The summed E-state index contributed by atoms with van der Waals surface area (Å²) < 4.78 is 2.14. The fraction of sp³-hybridized carbons (Fsp3) is 0.0741. The van der Waals surface area contributed by atoms with Crippen LogP contribution < -0.4 is 4.57 Å². The predicted molar refractivity (Wildman–Crippen MR) is 116 cm³/mol. The van der Waals surface area contributed by atoms with Gasteiger partial charge < -0.3 is 0 Å². The number of hydrogen-bond donors (Lipinski definition) is 0. The van der Waals surface area contributed by atoms with Crippen molar-refractivity contribution in [1.82, 2.24) is 0 Å². The molecule has 0 saturated carbocycles. The second-order valence-corrected chi connectivity index (χ2v) is 7.26. The summed E-state index contributed by atoms with van der Waals surface area (Å²) in [6, 6.07) is 34.9. The fourth-order valence-electron chi connectivity index (χ4n) is 3.87. The first-order valence-electron chi connectivity index (χ1n) is 9.52. The Morgan fingerprint density at radius 2 is 1.55 bits per heavy atom. The summed E-state index contributed by atoms with van der Waals surface area (Å²) in [6.45, 7) is 2.14. The topological polar surface area (TPSA) is 3.88 Å². The van der Waals surface area contributed by atoms with Gasteiger partial charge >= 0.3 is 0 Å². The van der Waals surface area contributed by atoms with Crippen LogP contribution in [0.15, 0.2) is 85.1 Å². The molecule has 0 fully saturated rings. The first-order valence-corrected chi connectivity index (χ1v) is 9.52. The zero-order chi connectivity index (χ0) is 19.1. The maximum absolute atomic E-state index is 3.64. The quantitative estimate of drug-likeness (QED) is 0.176. The molecule has 0 amide bonds. The van der Waals surface area contributed by atoms with Crippen molar-refractivity contribution in [3.05, 3.63) is 103 Å². The molecule has 4 aromatic carbocycles. The molecule has 1 heterocycles. The third-order valence-electron chi connectivity index (χ3n) is 5.43. The molecular weight excluding hydrogens is 427 g/mol. The minimum absolute atomic E-state index is 0. The molecule has 29 heavy (non-hydrogen) atoms. The third kappa shape index (κ3) is 3.66. The van der Waals surface area contributed by atoms with Crippen LogP contribution in [0.2, 0.25) is 0 Å². The van der Waals surface area contributed by atoms with Crippen molar-refractivity contribution in [3.8, 4) is 22.4 Å². The minimum atomic E-state index is 0. The van der Waals surface area contributed by atoms with Crippen molar-refractivity contribution < 1.29 is 37.3 Å². The van der Waals surface area contributed by atoms with Gasteiger partial charge in [0.25, 0.3) is 0 Å². The summed E-state index contributed by atoms with van der Waals surface area (Å²) in [5.74, 6) is 0. The summed E-state index contributed by atoms with van der Waals surface area (Å²) >= 11 is 0. The molecule has 137 valence electrons. The molecule has 0 bridgehead atoms. The monoisotopic (exact) mass is 447 g/mol.